The first kappa shape index (κ1) is 18.4. The Morgan fingerprint density at radius 3 is 2.67 bits per heavy atom. The number of hydrogen-bond acceptors (Lipinski definition) is 7. The van der Waals surface area contributed by atoms with E-state index in [0.29, 0.717) is 34.3 Å². The minimum atomic E-state index is -0.450. The third-order valence-electron chi connectivity index (χ3n) is 4.30. The molecule has 3 rings (SSSR count). The zero-order valence-electron chi connectivity index (χ0n) is 15.8. The van der Waals surface area contributed by atoms with E-state index >= 15 is 0 Å². The van der Waals surface area contributed by atoms with E-state index in [1.807, 2.05) is 0 Å². The molecule has 0 saturated heterocycles. The van der Waals surface area contributed by atoms with Crippen LogP contribution >= 0.6 is 0 Å². The molecule has 1 amide bonds. The van der Waals surface area contributed by atoms with Crippen LogP contribution in [0.1, 0.15) is 29.9 Å². The van der Waals surface area contributed by atoms with Crippen molar-refractivity contribution in [3.8, 4) is 22.9 Å². The monoisotopic (exact) mass is 371 g/mol. The van der Waals surface area contributed by atoms with E-state index < -0.39 is 5.92 Å². The Kier molecular flexibility index (Phi) is 5.11. The van der Waals surface area contributed by atoms with Crippen molar-refractivity contribution in [2.45, 2.75) is 26.7 Å². The molecule has 0 spiro atoms. The first-order chi connectivity index (χ1) is 12.9. The molecule has 0 saturated carbocycles. The topological polar surface area (TPSA) is 115 Å². The molecule has 3 aromatic rings. The molecular weight excluding hydrogens is 350 g/mol. The second-order valence-corrected chi connectivity index (χ2v) is 6.02. The number of carbonyl (C=O) groups excluding carboxylic acids is 1. The van der Waals surface area contributed by atoms with Crippen molar-refractivity contribution in [2.24, 2.45) is 0 Å². The zero-order valence-corrected chi connectivity index (χ0v) is 15.8. The van der Waals surface area contributed by atoms with Gasteiger partial charge < -0.3 is 14.0 Å². The van der Waals surface area contributed by atoms with Gasteiger partial charge in [0.25, 0.3) is 0 Å². The Labute approximate surface area is 156 Å². The first-order valence-electron chi connectivity index (χ1n) is 8.33. The SMILES string of the molecule is COc1ccc(-c2nc(NC(=O)C(C)c3c(C)noc3C)n[nH]2)c(OC)c1. The van der Waals surface area contributed by atoms with E-state index in [2.05, 4.69) is 25.7 Å². The molecule has 1 atom stereocenters. The Bertz CT molecular complexity index is 943. The summed E-state index contributed by atoms with van der Waals surface area (Å²) in [5.41, 5.74) is 2.15. The Hall–Kier alpha value is -3.36. The van der Waals surface area contributed by atoms with Crippen LogP contribution in [0.15, 0.2) is 22.7 Å². The highest BCUT2D eigenvalue weighted by Gasteiger charge is 2.24. The van der Waals surface area contributed by atoms with Crippen molar-refractivity contribution >= 4 is 11.9 Å². The van der Waals surface area contributed by atoms with Crippen LogP contribution < -0.4 is 14.8 Å². The molecule has 0 aliphatic rings. The fourth-order valence-electron chi connectivity index (χ4n) is 2.89. The van der Waals surface area contributed by atoms with Gasteiger partial charge in [-0.3, -0.25) is 15.2 Å². The number of ether oxygens (including phenoxy) is 2. The number of rotatable bonds is 6. The summed E-state index contributed by atoms with van der Waals surface area (Å²) in [6.07, 6.45) is 0. The molecule has 27 heavy (non-hydrogen) atoms. The summed E-state index contributed by atoms with van der Waals surface area (Å²) in [5, 5.41) is 13.5. The molecule has 2 heterocycles. The van der Waals surface area contributed by atoms with Gasteiger partial charge in [-0.1, -0.05) is 5.16 Å². The summed E-state index contributed by atoms with van der Waals surface area (Å²) >= 11 is 0. The second-order valence-electron chi connectivity index (χ2n) is 6.02. The molecular formula is C18H21N5O4. The fraction of sp³-hybridized carbons (Fsp3) is 0.333. The minimum Gasteiger partial charge on any atom is -0.497 e. The number of aryl methyl sites for hydroxylation is 2. The molecule has 1 unspecified atom stereocenters. The van der Waals surface area contributed by atoms with Gasteiger partial charge in [-0.15, -0.1) is 5.10 Å². The van der Waals surface area contributed by atoms with Gasteiger partial charge >= 0.3 is 0 Å². The number of H-pyrrole nitrogens is 1. The van der Waals surface area contributed by atoms with Crippen LogP contribution in [0.5, 0.6) is 11.5 Å². The van der Waals surface area contributed by atoms with E-state index in [4.69, 9.17) is 14.0 Å². The normalized spacial score (nSPS) is 11.9. The zero-order chi connectivity index (χ0) is 19.6. The van der Waals surface area contributed by atoms with E-state index in [1.165, 1.54) is 0 Å². The van der Waals surface area contributed by atoms with Gasteiger partial charge in [0.1, 0.15) is 17.3 Å². The number of aromatic amines is 1. The number of nitrogens with one attached hydrogen (secondary N) is 2. The van der Waals surface area contributed by atoms with Crippen LogP contribution in [-0.2, 0) is 4.79 Å². The van der Waals surface area contributed by atoms with Crippen LogP contribution in [0.4, 0.5) is 5.95 Å². The molecule has 9 nitrogen and oxygen atoms in total. The molecule has 0 radical (unpaired) electrons. The third kappa shape index (κ3) is 3.62. The lowest BCUT2D eigenvalue weighted by Crippen LogP contribution is -2.20. The summed E-state index contributed by atoms with van der Waals surface area (Å²) in [6, 6.07) is 5.34. The molecule has 1 aromatic carbocycles. The summed E-state index contributed by atoms with van der Waals surface area (Å²) in [6.45, 7) is 5.36. The lowest BCUT2D eigenvalue weighted by molar-refractivity contribution is -0.117. The smallest absolute Gasteiger partial charge is 0.249 e. The van der Waals surface area contributed by atoms with Gasteiger partial charge in [-0.2, -0.15) is 4.98 Å². The van der Waals surface area contributed by atoms with Crippen molar-refractivity contribution in [3.63, 3.8) is 0 Å². The van der Waals surface area contributed by atoms with Gasteiger partial charge in [0.2, 0.25) is 11.9 Å². The summed E-state index contributed by atoms with van der Waals surface area (Å²) < 4.78 is 15.7. The van der Waals surface area contributed by atoms with Gasteiger partial charge in [-0.05, 0) is 32.9 Å². The van der Waals surface area contributed by atoms with E-state index in [1.54, 1.807) is 53.2 Å². The summed E-state index contributed by atoms with van der Waals surface area (Å²) in [7, 11) is 3.14. The van der Waals surface area contributed by atoms with Crippen molar-refractivity contribution < 1.29 is 18.8 Å². The Balaban J connectivity index is 1.79. The molecule has 0 fully saturated rings. The van der Waals surface area contributed by atoms with Gasteiger partial charge in [0, 0.05) is 11.6 Å². The molecule has 0 aliphatic carbocycles. The molecule has 0 bridgehead atoms. The number of anilines is 1. The van der Waals surface area contributed by atoms with Crippen molar-refractivity contribution in [2.75, 3.05) is 19.5 Å². The van der Waals surface area contributed by atoms with Crippen LogP contribution in [0, 0.1) is 13.8 Å². The van der Waals surface area contributed by atoms with Crippen LogP contribution in [0.2, 0.25) is 0 Å². The maximum Gasteiger partial charge on any atom is 0.249 e. The molecule has 0 aliphatic heterocycles. The number of nitrogens with zero attached hydrogens (tertiary/aromatic N) is 3. The largest absolute Gasteiger partial charge is 0.497 e. The standard InChI is InChI=1S/C18H21N5O4/c1-9(15-10(2)23-27-11(15)3)17(24)20-18-19-16(21-22-18)13-7-6-12(25-4)8-14(13)26-5/h6-9H,1-5H3,(H2,19,20,21,22,24). The fourth-order valence-corrected chi connectivity index (χ4v) is 2.89. The quantitative estimate of drug-likeness (QED) is 0.684. The number of hydrogen-bond donors (Lipinski definition) is 2. The van der Waals surface area contributed by atoms with E-state index in [-0.39, 0.29) is 11.9 Å². The van der Waals surface area contributed by atoms with Crippen LogP contribution in [0.25, 0.3) is 11.4 Å². The highest BCUT2D eigenvalue weighted by Crippen LogP contribution is 2.31. The molecule has 2 N–H and O–H groups in total. The summed E-state index contributed by atoms with van der Waals surface area (Å²) in [5.74, 6) is 1.80. The number of carbonyl (C=O) groups is 1. The van der Waals surface area contributed by atoms with E-state index in [9.17, 15) is 4.79 Å². The lowest BCUT2D eigenvalue weighted by atomic mass is 9.99. The van der Waals surface area contributed by atoms with Gasteiger partial charge in [0.05, 0.1) is 31.4 Å². The van der Waals surface area contributed by atoms with Crippen molar-refractivity contribution in [1.29, 1.82) is 0 Å². The average Bonchev–Trinajstić information content (AvgIpc) is 3.26. The third-order valence-corrected chi connectivity index (χ3v) is 4.30. The van der Waals surface area contributed by atoms with Crippen molar-refractivity contribution in [3.05, 3.63) is 35.2 Å². The highest BCUT2D eigenvalue weighted by atomic mass is 16.5. The van der Waals surface area contributed by atoms with Gasteiger partial charge in [0.15, 0.2) is 5.82 Å². The predicted octanol–water partition coefficient (Wildman–Crippen LogP) is 2.84. The number of methoxy groups -OCH3 is 2. The lowest BCUT2D eigenvalue weighted by Gasteiger charge is -2.09. The van der Waals surface area contributed by atoms with Crippen LogP contribution in [-0.4, -0.2) is 40.5 Å². The number of aromatic nitrogens is 4. The van der Waals surface area contributed by atoms with Gasteiger partial charge in [-0.25, -0.2) is 0 Å². The molecule has 9 heteroatoms. The number of amides is 1. The predicted molar refractivity (Wildman–Crippen MR) is 97.9 cm³/mol. The second kappa shape index (κ2) is 7.48. The Morgan fingerprint density at radius 2 is 2.04 bits per heavy atom. The molecule has 2 aromatic heterocycles. The minimum absolute atomic E-state index is 0.173. The maximum atomic E-state index is 12.6. The average molecular weight is 371 g/mol. The first-order valence-corrected chi connectivity index (χ1v) is 8.33. The van der Waals surface area contributed by atoms with E-state index in [0.717, 1.165) is 5.56 Å². The number of benzene rings is 1. The van der Waals surface area contributed by atoms with Crippen LogP contribution in [0.3, 0.4) is 0 Å². The molecule has 142 valence electrons. The van der Waals surface area contributed by atoms with Crippen molar-refractivity contribution in [1.82, 2.24) is 20.3 Å². The maximum absolute atomic E-state index is 12.6. The highest BCUT2D eigenvalue weighted by molar-refractivity contribution is 5.94. The summed E-state index contributed by atoms with van der Waals surface area (Å²) in [4.78, 5) is 16.9. The Morgan fingerprint density at radius 1 is 1.26 bits per heavy atom.